The Morgan fingerprint density at radius 3 is 2.70 bits per heavy atom. The van der Waals surface area contributed by atoms with Crippen LogP contribution in [0.15, 0.2) is 10.6 Å². The Morgan fingerprint density at radius 1 is 1.70 bits per heavy atom. The lowest BCUT2D eigenvalue weighted by Crippen LogP contribution is -1.80. The number of halogens is 3. The standard InChI is InChI=1S/C5H4ClF2NO/c6-2-3-1-4(5(7)8)9-10-3/h1,5H,2H2. The van der Waals surface area contributed by atoms with Gasteiger partial charge in [-0.15, -0.1) is 11.6 Å². The summed E-state index contributed by atoms with van der Waals surface area (Å²) in [5.41, 5.74) is -0.365. The lowest BCUT2D eigenvalue weighted by atomic mass is 10.4. The third-order valence-corrected chi connectivity index (χ3v) is 1.20. The van der Waals surface area contributed by atoms with Crippen LogP contribution < -0.4 is 0 Å². The van der Waals surface area contributed by atoms with Crippen molar-refractivity contribution < 1.29 is 13.3 Å². The van der Waals surface area contributed by atoms with Crippen LogP contribution in [-0.2, 0) is 5.88 Å². The van der Waals surface area contributed by atoms with Gasteiger partial charge in [0.25, 0.3) is 6.43 Å². The second kappa shape index (κ2) is 2.96. The smallest absolute Gasteiger partial charge is 0.283 e. The highest BCUT2D eigenvalue weighted by Gasteiger charge is 2.12. The van der Waals surface area contributed by atoms with Gasteiger partial charge in [-0.05, 0) is 0 Å². The summed E-state index contributed by atoms with van der Waals surface area (Å²) >= 11 is 5.27. The van der Waals surface area contributed by atoms with E-state index in [1.807, 2.05) is 0 Å². The summed E-state index contributed by atoms with van der Waals surface area (Å²) in [4.78, 5) is 0. The van der Waals surface area contributed by atoms with E-state index in [2.05, 4.69) is 9.68 Å². The molecule has 1 aromatic heterocycles. The van der Waals surface area contributed by atoms with Gasteiger partial charge >= 0.3 is 0 Å². The third kappa shape index (κ3) is 1.44. The summed E-state index contributed by atoms with van der Waals surface area (Å²) in [7, 11) is 0. The van der Waals surface area contributed by atoms with E-state index >= 15 is 0 Å². The first kappa shape index (κ1) is 7.47. The number of rotatable bonds is 2. The van der Waals surface area contributed by atoms with Crippen LogP contribution in [0.5, 0.6) is 0 Å². The Balaban J connectivity index is 2.78. The zero-order valence-corrected chi connectivity index (χ0v) is 5.61. The van der Waals surface area contributed by atoms with Gasteiger partial charge in [-0.1, -0.05) is 5.16 Å². The van der Waals surface area contributed by atoms with Crippen molar-refractivity contribution >= 4 is 11.6 Å². The summed E-state index contributed by atoms with van der Waals surface area (Å²) < 4.78 is 27.9. The van der Waals surface area contributed by atoms with E-state index in [-0.39, 0.29) is 17.3 Å². The molecule has 0 amide bonds. The van der Waals surface area contributed by atoms with Crippen LogP contribution in [0.4, 0.5) is 8.78 Å². The number of hydrogen-bond acceptors (Lipinski definition) is 2. The van der Waals surface area contributed by atoms with Crippen LogP contribution in [0, 0.1) is 0 Å². The fraction of sp³-hybridized carbons (Fsp3) is 0.400. The molecule has 0 aliphatic rings. The maximum atomic E-state index is 11.8. The molecule has 0 unspecified atom stereocenters. The monoisotopic (exact) mass is 167 g/mol. The first-order valence-electron chi connectivity index (χ1n) is 2.53. The average Bonchev–Trinajstić information content (AvgIpc) is 2.34. The molecule has 0 saturated heterocycles. The van der Waals surface area contributed by atoms with Crippen LogP contribution in [-0.4, -0.2) is 5.16 Å². The number of hydrogen-bond donors (Lipinski definition) is 0. The van der Waals surface area contributed by atoms with E-state index in [0.717, 1.165) is 6.07 Å². The van der Waals surface area contributed by atoms with Crippen molar-refractivity contribution in [3.05, 3.63) is 17.5 Å². The second-order valence-electron chi connectivity index (χ2n) is 1.65. The van der Waals surface area contributed by atoms with Gasteiger partial charge in [0.15, 0.2) is 5.76 Å². The zero-order chi connectivity index (χ0) is 7.56. The predicted molar refractivity (Wildman–Crippen MR) is 31.0 cm³/mol. The van der Waals surface area contributed by atoms with Gasteiger partial charge in [-0.3, -0.25) is 0 Å². The number of alkyl halides is 3. The van der Waals surface area contributed by atoms with Crippen LogP contribution in [0.25, 0.3) is 0 Å². The fourth-order valence-electron chi connectivity index (χ4n) is 0.495. The minimum Gasteiger partial charge on any atom is -0.360 e. The molecule has 0 aromatic carbocycles. The van der Waals surface area contributed by atoms with Gasteiger partial charge in [0.05, 0.1) is 5.88 Å². The van der Waals surface area contributed by atoms with Crippen molar-refractivity contribution in [1.29, 1.82) is 0 Å². The highest BCUT2D eigenvalue weighted by atomic mass is 35.5. The molecule has 10 heavy (non-hydrogen) atoms. The molecular formula is C5H4ClF2NO. The SMILES string of the molecule is FC(F)c1cc(CCl)on1. The highest BCUT2D eigenvalue weighted by molar-refractivity contribution is 6.16. The van der Waals surface area contributed by atoms with Crippen molar-refractivity contribution in [1.82, 2.24) is 5.16 Å². The first-order valence-corrected chi connectivity index (χ1v) is 3.07. The average molecular weight is 168 g/mol. The normalized spacial score (nSPS) is 10.8. The molecule has 0 atom stereocenters. The van der Waals surface area contributed by atoms with E-state index in [9.17, 15) is 8.78 Å². The second-order valence-corrected chi connectivity index (χ2v) is 1.92. The van der Waals surface area contributed by atoms with E-state index in [1.165, 1.54) is 0 Å². The lowest BCUT2D eigenvalue weighted by molar-refractivity contribution is 0.140. The molecule has 0 aliphatic carbocycles. The Labute approximate surface area is 60.8 Å². The van der Waals surface area contributed by atoms with Crippen LogP contribution in [0.3, 0.4) is 0 Å². The molecular weight excluding hydrogens is 164 g/mol. The topological polar surface area (TPSA) is 26.0 Å². The molecule has 0 bridgehead atoms. The number of aromatic nitrogens is 1. The highest BCUT2D eigenvalue weighted by Crippen LogP contribution is 2.18. The minimum absolute atomic E-state index is 0.0692. The van der Waals surface area contributed by atoms with Gasteiger partial charge in [0.1, 0.15) is 5.69 Å². The van der Waals surface area contributed by atoms with Gasteiger partial charge in [-0.2, -0.15) is 0 Å². The van der Waals surface area contributed by atoms with E-state index in [0.29, 0.717) is 0 Å². The van der Waals surface area contributed by atoms with Crippen LogP contribution in [0.1, 0.15) is 17.9 Å². The van der Waals surface area contributed by atoms with Gasteiger partial charge in [0, 0.05) is 6.07 Å². The molecule has 0 fully saturated rings. The molecule has 2 nitrogen and oxygen atoms in total. The molecule has 0 radical (unpaired) electrons. The third-order valence-electron chi connectivity index (χ3n) is 0.932. The van der Waals surface area contributed by atoms with Crippen molar-refractivity contribution in [3.63, 3.8) is 0 Å². The molecule has 0 saturated carbocycles. The van der Waals surface area contributed by atoms with E-state index in [4.69, 9.17) is 11.6 Å². The number of nitrogens with zero attached hydrogens (tertiary/aromatic N) is 1. The van der Waals surface area contributed by atoms with Gasteiger partial charge in [-0.25, -0.2) is 8.78 Å². The van der Waals surface area contributed by atoms with Crippen LogP contribution >= 0.6 is 11.6 Å². The lowest BCUT2D eigenvalue weighted by Gasteiger charge is -1.84. The first-order chi connectivity index (χ1) is 4.74. The van der Waals surface area contributed by atoms with Crippen molar-refractivity contribution in [2.24, 2.45) is 0 Å². The van der Waals surface area contributed by atoms with Crippen molar-refractivity contribution in [2.75, 3.05) is 0 Å². The van der Waals surface area contributed by atoms with E-state index < -0.39 is 6.43 Å². The molecule has 56 valence electrons. The summed E-state index contributed by atoms with van der Waals surface area (Å²) in [5, 5.41) is 3.08. The fourth-order valence-corrected chi connectivity index (χ4v) is 0.621. The van der Waals surface area contributed by atoms with Gasteiger partial charge < -0.3 is 4.52 Å². The van der Waals surface area contributed by atoms with Gasteiger partial charge in [0.2, 0.25) is 0 Å². The molecule has 0 aliphatic heterocycles. The molecule has 1 heterocycles. The predicted octanol–water partition coefficient (Wildman–Crippen LogP) is 2.35. The quantitative estimate of drug-likeness (QED) is 0.632. The maximum absolute atomic E-state index is 11.8. The Morgan fingerprint density at radius 2 is 2.40 bits per heavy atom. The summed E-state index contributed by atoms with van der Waals surface area (Å²) in [6.07, 6.45) is -2.58. The van der Waals surface area contributed by atoms with E-state index in [1.54, 1.807) is 0 Å². The maximum Gasteiger partial charge on any atom is 0.283 e. The summed E-state index contributed by atoms with van der Waals surface area (Å²) in [6.45, 7) is 0. The summed E-state index contributed by atoms with van der Waals surface area (Å²) in [6, 6.07) is 1.14. The Kier molecular flexibility index (Phi) is 2.21. The molecule has 0 spiro atoms. The zero-order valence-electron chi connectivity index (χ0n) is 4.85. The minimum atomic E-state index is -2.58. The molecule has 1 aromatic rings. The van der Waals surface area contributed by atoms with Crippen molar-refractivity contribution in [2.45, 2.75) is 12.3 Å². The van der Waals surface area contributed by atoms with Crippen LogP contribution in [0.2, 0.25) is 0 Å². The molecule has 0 N–H and O–H groups in total. The summed E-state index contributed by atoms with van der Waals surface area (Å²) in [5.74, 6) is 0.330. The Hall–Kier alpha value is -0.640. The molecule has 5 heteroatoms. The molecule has 1 rings (SSSR count). The van der Waals surface area contributed by atoms with Crippen molar-refractivity contribution in [3.8, 4) is 0 Å². The largest absolute Gasteiger partial charge is 0.360 e. The Bertz CT molecular complexity index is 213.